The van der Waals surface area contributed by atoms with Gasteiger partial charge in [-0.1, -0.05) is 25.7 Å². The number of carbonyl (C=O) groups is 2. The van der Waals surface area contributed by atoms with Crippen molar-refractivity contribution in [1.82, 2.24) is 14.5 Å². The average Bonchev–Trinajstić information content (AvgIpc) is 3.72. The molecule has 232 valence electrons. The van der Waals surface area contributed by atoms with E-state index in [0.29, 0.717) is 32.8 Å². The highest BCUT2D eigenvalue weighted by Gasteiger charge is 2.40. The van der Waals surface area contributed by atoms with Crippen LogP contribution < -0.4 is 9.64 Å². The maximum atomic E-state index is 13.4. The fourth-order valence-electron chi connectivity index (χ4n) is 6.22. The van der Waals surface area contributed by atoms with Crippen LogP contribution in [0.2, 0.25) is 25.7 Å². The van der Waals surface area contributed by atoms with Crippen molar-refractivity contribution in [3.63, 3.8) is 0 Å². The van der Waals surface area contributed by atoms with Crippen LogP contribution in [-0.4, -0.2) is 71.5 Å². The first-order chi connectivity index (χ1) is 20.6. The smallest absolute Gasteiger partial charge is 0.407 e. The number of amides is 2. The fraction of sp³-hybridized carbons (Fsp3) is 0.606. The molecular formula is C33H46N4O5Si. The zero-order valence-corrected chi connectivity index (χ0v) is 27.1. The van der Waals surface area contributed by atoms with Crippen LogP contribution in [0.15, 0.2) is 24.4 Å². The second kappa shape index (κ2) is 12.1. The van der Waals surface area contributed by atoms with Crippen molar-refractivity contribution < 1.29 is 24.2 Å². The highest BCUT2D eigenvalue weighted by molar-refractivity contribution is 6.76. The number of fused-ring (bicyclic) bond motifs is 1. The SMILES string of the molecule is C[C@H]1CCc2c(ccc(-c3ncc(C4=CCN(C(=O)O)CC4)n3COCC[Si](C)(C)C)c2OC2CCC2)N1C(=O)C1CC1. The second-order valence-electron chi connectivity index (χ2n) is 13.9. The Kier molecular flexibility index (Phi) is 8.43. The van der Waals surface area contributed by atoms with Crippen molar-refractivity contribution in [2.45, 2.75) is 103 Å². The standard InChI is InChI=1S/C33H46N4O5Si/c1-22-8-11-26-28(37(22)32(38)24-9-10-24)13-12-27(30(26)42-25-6-5-7-25)31-34-20-29(23-14-16-35(17-15-23)33(39)40)36(31)21-41-18-19-43(2,3)4/h12-14,20,22,24-25H,5-11,15-19,21H2,1-4H3,(H,39,40)/t22-/m0/s1. The van der Waals surface area contributed by atoms with Gasteiger partial charge < -0.3 is 28.9 Å². The molecule has 1 aromatic carbocycles. The summed E-state index contributed by atoms with van der Waals surface area (Å²) in [5.74, 6) is 2.05. The number of imidazole rings is 1. The fourth-order valence-corrected chi connectivity index (χ4v) is 6.98. The predicted octanol–water partition coefficient (Wildman–Crippen LogP) is 6.64. The van der Waals surface area contributed by atoms with E-state index in [2.05, 4.69) is 43.3 Å². The number of hydrogen-bond donors (Lipinski definition) is 1. The Morgan fingerprint density at radius 1 is 1.09 bits per heavy atom. The molecule has 2 aromatic rings. The molecule has 0 radical (unpaired) electrons. The lowest BCUT2D eigenvalue weighted by Gasteiger charge is -2.38. The van der Waals surface area contributed by atoms with Gasteiger partial charge >= 0.3 is 6.09 Å². The molecule has 2 aliphatic heterocycles. The van der Waals surface area contributed by atoms with Gasteiger partial charge in [-0.15, -0.1) is 0 Å². The number of benzene rings is 1. The predicted molar refractivity (Wildman–Crippen MR) is 170 cm³/mol. The second-order valence-corrected chi connectivity index (χ2v) is 19.6. The van der Waals surface area contributed by atoms with E-state index in [1.807, 2.05) is 17.2 Å². The van der Waals surface area contributed by atoms with E-state index in [9.17, 15) is 14.7 Å². The minimum atomic E-state index is -1.26. The van der Waals surface area contributed by atoms with Crippen molar-refractivity contribution >= 4 is 31.3 Å². The number of nitrogens with zero attached hydrogens (tertiary/aromatic N) is 4. The van der Waals surface area contributed by atoms with Crippen molar-refractivity contribution in [3.05, 3.63) is 35.7 Å². The van der Waals surface area contributed by atoms with Crippen molar-refractivity contribution in [2.75, 3.05) is 24.6 Å². The van der Waals surface area contributed by atoms with Crippen molar-refractivity contribution in [2.24, 2.45) is 5.92 Å². The lowest BCUT2D eigenvalue weighted by Crippen LogP contribution is -2.43. The van der Waals surface area contributed by atoms with Crippen LogP contribution in [0.1, 0.15) is 63.1 Å². The van der Waals surface area contributed by atoms with E-state index < -0.39 is 14.2 Å². The monoisotopic (exact) mass is 606 g/mol. The van der Waals surface area contributed by atoms with Gasteiger partial charge in [0.1, 0.15) is 18.3 Å². The summed E-state index contributed by atoms with van der Waals surface area (Å²) in [4.78, 5) is 33.4. The molecule has 0 saturated heterocycles. The van der Waals surface area contributed by atoms with E-state index in [1.165, 1.54) is 11.3 Å². The first kappa shape index (κ1) is 29.9. The van der Waals surface area contributed by atoms with E-state index in [1.54, 1.807) is 0 Å². The third-order valence-corrected chi connectivity index (χ3v) is 11.1. The minimum Gasteiger partial charge on any atom is -0.489 e. The van der Waals surface area contributed by atoms with Crippen LogP contribution in [-0.2, 0) is 22.7 Å². The number of ether oxygens (including phenoxy) is 2. The van der Waals surface area contributed by atoms with Gasteiger partial charge in [0.25, 0.3) is 0 Å². The summed E-state index contributed by atoms with van der Waals surface area (Å²) in [6, 6.07) is 5.42. The van der Waals surface area contributed by atoms with E-state index in [-0.39, 0.29) is 24.0 Å². The van der Waals surface area contributed by atoms with Gasteiger partial charge in [0.05, 0.1) is 29.2 Å². The molecule has 2 amide bonds. The number of carbonyl (C=O) groups excluding carboxylic acids is 1. The molecule has 0 unspecified atom stereocenters. The summed E-state index contributed by atoms with van der Waals surface area (Å²) in [5, 5.41) is 9.46. The molecule has 1 atom stereocenters. The number of rotatable bonds is 10. The summed E-state index contributed by atoms with van der Waals surface area (Å²) in [7, 11) is -1.26. The number of anilines is 1. The summed E-state index contributed by atoms with van der Waals surface area (Å²) in [5.41, 5.74) is 5.07. The van der Waals surface area contributed by atoms with Gasteiger partial charge in [-0.05, 0) is 82.0 Å². The molecule has 2 fully saturated rings. The van der Waals surface area contributed by atoms with Crippen LogP contribution in [0.3, 0.4) is 0 Å². The zero-order chi connectivity index (χ0) is 30.3. The Morgan fingerprint density at radius 2 is 1.88 bits per heavy atom. The molecular weight excluding hydrogens is 560 g/mol. The van der Waals surface area contributed by atoms with Gasteiger partial charge in [0.2, 0.25) is 5.91 Å². The number of hydrogen-bond acceptors (Lipinski definition) is 5. The van der Waals surface area contributed by atoms with Crippen LogP contribution in [0.5, 0.6) is 5.75 Å². The third kappa shape index (κ3) is 6.41. The lowest BCUT2D eigenvalue weighted by molar-refractivity contribution is -0.120. The summed E-state index contributed by atoms with van der Waals surface area (Å²) in [6.45, 7) is 11.1. The molecule has 0 bridgehead atoms. The van der Waals surface area contributed by atoms with Crippen LogP contribution in [0.25, 0.3) is 17.0 Å². The van der Waals surface area contributed by atoms with Crippen molar-refractivity contribution in [3.8, 4) is 17.1 Å². The van der Waals surface area contributed by atoms with E-state index in [0.717, 1.165) is 84.2 Å². The van der Waals surface area contributed by atoms with Crippen LogP contribution in [0, 0.1) is 5.92 Å². The molecule has 1 N–H and O–H groups in total. The molecule has 9 nitrogen and oxygen atoms in total. The Hall–Kier alpha value is -3.11. The maximum Gasteiger partial charge on any atom is 0.407 e. The highest BCUT2D eigenvalue weighted by atomic mass is 28.3. The minimum absolute atomic E-state index is 0.152. The molecule has 3 heterocycles. The Bertz CT molecular complexity index is 1400. The van der Waals surface area contributed by atoms with E-state index in [4.69, 9.17) is 14.5 Å². The zero-order valence-electron chi connectivity index (χ0n) is 26.1. The van der Waals surface area contributed by atoms with Gasteiger partial charge in [-0.25, -0.2) is 9.78 Å². The Labute approximate surface area is 255 Å². The molecule has 43 heavy (non-hydrogen) atoms. The molecule has 6 rings (SSSR count). The largest absolute Gasteiger partial charge is 0.489 e. The number of carboxylic acid groups (broad SMARTS) is 1. The number of aromatic nitrogens is 2. The molecule has 1 aromatic heterocycles. The summed E-state index contributed by atoms with van der Waals surface area (Å²) < 4.78 is 15.2. The first-order valence-electron chi connectivity index (χ1n) is 16.1. The van der Waals surface area contributed by atoms with Crippen molar-refractivity contribution in [1.29, 1.82) is 0 Å². The normalized spacial score (nSPS) is 20.8. The van der Waals surface area contributed by atoms with Crippen LogP contribution in [0.4, 0.5) is 10.5 Å². The van der Waals surface area contributed by atoms with E-state index >= 15 is 0 Å². The first-order valence-corrected chi connectivity index (χ1v) is 19.8. The maximum absolute atomic E-state index is 13.4. The molecule has 4 aliphatic rings. The van der Waals surface area contributed by atoms with Gasteiger partial charge in [0, 0.05) is 45.3 Å². The summed E-state index contributed by atoms with van der Waals surface area (Å²) in [6.07, 6.45) is 10.8. The molecule has 0 spiro atoms. The molecule has 2 saturated carbocycles. The lowest BCUT2D eigenvalue weighted by atomic mass is 9.91. The third-order valence-electron chi connectivity index (χ3n) is 9.37. The quantitative estimate of drug-likeness (QED) is 0.241. The molecule has 10 heteroatoms. The molecule has 2 aliphatic carbocycles. The van der Waals surface area contributed by atoms with Gasteiger partial charge in [0.15, 0.2) is 0 Å². The topological polar surface area (TPSA) is 97.1 Å². The summed E-state index contributed by atoms with van der Waals surface area (Å²) >= 11 is 0. The average molecular weight is 607 g/mol. The van der Waals surface area contributed by atoms with Gasteiger partial charge in [-0.2, -0.15) is 0 Å². The highest BCUT2D eigenvalue weighted by Crippen LogP contribution is 2.46. The Morgan fingerprint density at radius 3 is 2.51 bits per heavy atom. The van der Waals surface area contributed by atoms with Gasteiger partial charge in [-0.3, -0.25) is 4.79 Å². The van der Waals surface area contributed by atoms with Crippen LogP contribution >= 0.6 is 0 Å². The Balaban J connectivity index is 1.40.